The highest BCUT2D eigenvalue weighted by atomic mass is 35.5. The monoisotopic (exact) mass is 323 g/mol. The largest absolute Gasteiger partial charge is 0.345 e. The molecular weight excluding hydrogens is 302 g/mol. The van der Waals surface area contributed by atoms with Crippen LogP contribution < -0.4 is 5.32 Å². The average Bonchev–Trinajstić information content (AvgIpc) is 2.75. The molecule has 1 aromatic carbocycles. The highest BCUT2D eigenvalue weighted by Crippen LogP contribution is 2.23. The first kappa shape index (κ1) is 16.6. The minimum atomic E-state index is -0.169. The van der Waals surface area contributed by atoms with E-state index in [0.29, 0.717) is 16.3 Å². The fourth-order valence-electron chi connectivity index (χ4n) is 2.52. The van der Waals surface area contributed by atoms with E-state index in [4.69, 9.17) is 11.6 Å². The standard InChI is InChI=1S/C16H22ClN3O2/c1-19(2)15(21)13-8-7-12(17)11-14(13)18-16(22)20-9-5-3-4-6-10-20/h7-8,11H,3-6,9-10H2,1-2H3,(H,18,22). The van der Waals surface area contributed by atoms with Crippen molar-refractivity contribution in [2.24, 2.45) is 0 Å². The maximum absolute atomic E-state index is 12.4. The fraction of sp³-hybridized carbons (Fsp3) is 0.500. The van der Waals surface area contributed by atoms with Gasteiger partial charge < -0.3 is 15.1 Å². The van der Waals surface area contributed by atoms with Crippen LogP contribution in [0.4, 0.5) is 10.5 Å². The Bertz CT molecular complexity index is 552. The van der Waals surface area contributed by atoms with Crippen molar-refractivity contribution in [2.75, 3.05) is 32.5 Å². The molecule has 120 valence electrons. The maximum atomic E-state index is 12.4. The molecule has 1 aliphatic rings. The molecule has 0 atom stereocenters. The van der Waals surface area contributed by atoms with E-state index in [2.05, 4.69) is 5.32 Å². The molecule has 0 unspecified atom stereocenters. The van der Waals surface area contributed by atoms with E-state index in [1.807, 2.05) is 0 Å². The average molecular weight is 324 g/mol. The third kappa shape index (κ3) is 4.13. The van der Waals surface area contributed by atoms with Gasteiger partial charge in [-0.05, 0) is 31.0 Å². The Morgan fingerprint density at radius 1 is 1.14 bits per heavy atom. The van der Waals surface area contributed by atoms with Gasteiger partial charge in [0.05, 0.1) is 11.3 Å². The summed E-state index contributed by atoms with van der Waals surface area (Å²) >= 11 is 6.01. The number of likely N-dealkylation sites (tertiary alicyclic amines) is 1. The summed E-state index contributed by atoms with van der Waals surface area (Å²) in [6.45, 7) is 1.51. The molecule has 3 amide bonds. The van der Waals surface area contributed by atoms with E-state index >= 15 is 0 Å². The van der Waals surface area contributed by atoms with Crippen LogP contribution in [0, 0.1) is 0 Å². The minimum Gasteiger partial charge on any atom is -0.345 e. The van der Waals surface area contributed by atoms with Gasteiger partial charge in [0.25, 0.3) is 5.91 Å². The number of carbonyl (C=O) groups is 2. The first-order valence-corrected chi connectivity index (χ1v) is 7.94. The van der Waals surface area contributed by atoms with Gasteiger partial charge in [0, 0.05) is 32.2 Å². The van der Waals surface area contributed by atoms with Crippen molar-refractivity contribution in [1.29, 1.82) is 0 Å². The van der Waals surface area contributed by atoms with Gasteiger partial charge in [-0.2, -0.15) is 0 Å². The Morgan fingerprint density at radius 3 is 2.36 bits per heavy atom. The van der Waals surface area contributed by atoms with E-state index in [1.54, 1.807) is 37.2 Å². The Balaban J connectivity index is 2.18. The smallest absolute Gasteiger partial charge is 0.321 e. The van der Waals surface area contributed by atoms with Crippen LogP contribution in [-0.4, -0.2) is 48.9 Å². The number of nitrogens with zero attached hydrogens (tertiary/aromatic N) is 2. The quantitative estimate of drug-likeness (QED) is 0.906. The first-order valence-electron chi connectivity index (χ1n) is 7.56. The predicted molar refractivity (Wildman–Crippen MR) is 88.5 cm³/mol. The maximum Gasteiger partial charge on any atom is 0.321 e. The van der Waals surface area contributed by atoms with Gasteiger partial charge in [-0.1, -0.05) is 24.4 Å². The van der Waals surface area contributed by atoms with E-state index in [-0.39, 0.29) is 11.9 Å². The molecule has 1 N–H and O–H groups in total. The van der Waals surface area contributed by atoms with E-state index < -0.39 is 0 Å². The van der Waals surface area contributed by atoms with Crippen LogP contribution in [-0.2, 0) is 0 Å². The first-order chi connectivity index (χ1) is 10.5. The van der Waals surface area contributed by atoms with Crippen LogP contribution in [0.2, 0.25) is 5.02 Å². The molecule has 1 aliphatic heterocycles. The summed E-state index contributed by atoms with van der Waals surface area (Å²) in [6, 6.07) is 4.74. The van der Waals surface area contributed by atoms with Crippen LogP contribution in [0.3, 0.4) is 0 Å². The fourth-order valence-corrected chi connectivity index (χ4v) is 2.69. The third-order valence-corrected chi connectivity index (χ3v) is 3.99. The number of benzene rings is 1. The molecule has 22 heavy (non-hydrogen) atoms. The van der Waals surface area contributed by atoms with Gasteiger partial charge in [-0.25, -0.2) is 4.79 Å². The SMILES string of the molecule is CN(C)C(=O)c1ccc(Cl)cc1NC(=O)N1CCCCCC1. The molecule has 6 heteroatoms. The lowest BCUT2D eigenvalue weighted by Crippen LogP contribution is -2.36. The van der Waals surface area contributed by atoms with Gasteiger partial charge in [0.15, 0.2) is 0 Å². The number of hydrogen-bond donors (Lipinski definition) is 1. The number of amides is 3. The van der Waals surface area contributed by atoms with Crippen molar-refractivity contribution in [3.05, 3.63) is 28.8 Å². The van der Waals surface area contributed by atoms with Gasteiger partial charge in [-0.15, -0.1) is 0 Å². The second-order valence-electron chi connectivity index (χ2n) is 5.72. The normalized spacial score (nSPS) is 15.1. The van der Waals surface area contributed by atoms with Crippen molar-refractivity contribution < 1.29 is 9.59 Å². The summed E-state index contributed by atoms with van der Waals surface area (Å²) in [5.74, 6) is -0.164. The Kier molecular flexibility index (Phi) is 5.66. The summed E-state index contributed by atoms with van der Waals surface area (Å²) in [5.41, 5.74) is 0.901. The molecule has 0 bridgehead atoms. The molecule has 1 aromatic rings. The van der Waals surface area contributed by atoms with Crippen LogP contribution >= 0.6 is 11.6 Å². The topological polar surface area (TPSA) is 52.7 Å². The van der Waals surface area contributed by atoms with Gasteiger partial charge >= 0.3 is 6.03 Å². The van der Waals surface area contributed by atoms with E-state index in [0.717, 1.165) is 38.8 Å². The molecule has 1 saturated heterocycles. The lowest BCUT2D eigenvalue weighted by molar-refractivity contribution is 0.0828. The summed E-state index contributed by atoms with van der Waals surface area (Å²) < 4.78 is 0. The van der Waals surface area contributed by atoms with Crippen molar-refractivity contribution in [3.63, 3.8) is 0 Å². The van der Waals surface area contributed by atoms with Crippen molar-refractivity contribution in [2.45, 2.75) is 25.7 Å². The molecule has 0 saturated carbocycles. The molecular formula is C16H22ClN3O2. The third-order valence-electron chi connectivity index (χ3n) is 3.75. The second kappa shape index (κ2) is 7.49. The van der Waals surface area contributed by atoms with Crippen molar-refractivity contribution >= 4 is 29.2 Å². The highest BCUT2D eigenvalue weighted by Gasteiger charge is 2.19. The molecule has 0 radical (unpaired) electrons. The summed E-state index contributed by atoms with van der Waals surface area (Å²) in [7, 11) is 3.36. The molecule has 1 fully saturated rings. The van der Waals surface area contributed by atoms with E-state index in [9.17, 15) is 9.59 Å². The zero-order valence-electron chi connectivity index (χ0n) is 13.1. The van der Waals surface area contributed by atoms with Crippen LogP contribution in [0.25, 0.3) is 0 Å². The number of nitrogens with one attached hydrogen (secondary N) is 1. The van der Waals surface area contributed by atoms with Crippen LogP contribution in [0.5, 0.6) is 0 Å². The lowest BCUT2D eigenvalue weighted by atomic mass is 10.1. The van der Waals surface area contributed by atoms with Gasteiger partial charge in [0.1, 0.15) is 0 Å². The number of urea groups is 1. The number of halogens is 1. The number of hydrogen-bond acceptors (Lipinski definition) is 2. The Morgan fingerprint density at radius 2 is 1.77 bits per heavy atom. The second-order valence-corrected chi connectivity index (χ2v) is 6.16. The zero-order chi connectivity index (χ0) is 16.1. The number of anilines is 1. The number of rotatable bonds is 2. The Labute approximate surface area is 136 Å². The summed E-state index contributed by atoms with van der Waals surface area (Å²) in [4.78, 5) is 27.9. The molecule has 0 aromatic heterocycles. The molecule has 2 rings (SSSR count). The van der Waals surface area contributed by atoms with Crippen LogP contribution in [0.15, 0.2) is 18.2 Å². The van der Waals surface area contributed by atoms with Crippen LogP contribution in [0.1, 0.15) is 36.0 Å². The van der Waals surface area contributed by atoms with Crippen molar-refractivity contribution in [3.8, 4) is 0 Å². The van der Waals surface area contributed by atoms with Crippen molar-refractivity contribution in [1.82, 2.24) is 9.80 Å². The highest BCUT2D eigenvalue weighted by molar-refractivity contribution is 6.31. The van der Waals surface area contributed by atoms with Gasteiger partial charge in [0.2, 0.25) is 0 Å². The number of carbonyl (C=O) groups excluding carboxylic acids is 2. The lowest BCUT2D eigenvalue weighted by Gasteiger charge is -2.22. The molecule has 0 spiro atoms. The van der Waals surface area contributed by atoms with Gasteiger partial charge in [-0.3, -0.25) is 4.79 Å². The summed E-state index contributed by atoms with van der Waals surface area (Å²) in [5, 5.41) is 3.33. The molecule has 5 nitrogen and oxygen atoms in total. The summed E-state index contributed by atoms with van der Waals surface area (Å²) in [6.07, 6.45) is 4.36. The Hall–Kier alpha value is -1.75. The minimum absolute atomic E-state index is 0.164. The molecule has 1 heterocycles. The predicted octanol–water partition coefficient (Wildman–Crippen LogP) is 3.45. The van der Waals surface area contributed by atoms with E-state index in [1.165, 1.54) is 4.90 Å². The zero-order valence-corrected chi connectivity index (χ0v) is 13.8. The molecule has 0 aliphatic carbocycles.